The summed E-state index contributed by atoms with van der Waals surface area (Å²) in [7, 11) is 0. The molecule has 0 aromatic rings. The molecule has 0 saturated heterocycles. The summed E-state index contributed by atoms with van der Waals surface area (Å²) >= 11 is 0. The molecule has 0 rings (SSSR count). The lowest BCUT2D eigenvalue weighted by Gasteiger charge is -2.06. The molecule has 1 amide bonds. The van der Waals surface area contributed by atoms with E-state index in [1.54, 1.807) is 0 Å². The number of hydrogen-bond donors (Lipinski definition) is 4. The minimum absolute atomic E-state index is 0.770. The van der Waals surface area contributed by atoms with Crippen molar-refractivity contribution in [3.63, 3.8) is 0 Å². The van der Waals surface area contributed by atoms with Crippen molar-refractivity contribution in [1.29, 1.82) is 0 Å². The average molecular weight is 165 g/mol. The molecule has 8 nitrogen and oxygen atoms in total. The van der Waals surface area contributed by atoms with Gasteiger partial charge < -0.3 is 5.11 Å². The van der Waals surface area contributed by atoms with Crippen LogP contribution >= 0.6 is 0 Å². The lowest BCUT2D eigenvalue weighted by atomic mass is 10.3. The molecule has 0 aromatic carbocycles. The van der Waals surface area contributed by atoms with Crippen LogP contribution in [0.2, 0.25) is 0 Å². The van der Waals surface area contributed by atoms with Crippen LogP contribution in [0.1, 0.15) is 0 Å². The van der Waals surface area contributed by atoms with E-state index in [0.717, 1.165) is 5.48 Å². The summed E-state index contributed by atoms with van der Waals surface area (Å²) in [5, 5.41) is 25.0. The van der Waals surface area contributed by atoms with Gasteiger partial charge in [0.25, 0.3) is 5.91 Å². The van der Waals surface area contributed by atoms with Crippen molar-refractivity contribution in [2.45, 2.75) is 6.04 Å². The first-order valence-corrected chi connectivity index (χ1v) is 2.57. The molecule has 0 bridgehead atoms. The molecule has 8 heteroatoms. The Hall–Kier alpha value is -1.41. The molecule has 0 aromatic heterocycles. The fraction of sp³-hybridized carbons (Fsp3) is 0.667. The van der Waals surface area contributed by atoms with Crippen molar-refractivity contribution in [3.8, 4) is 0 Å². The standard InChI is InChI=1S/C3H7N3O5/c7-1-2(3(8)5-9)4-6(10)11/h2,4,7,9H,1H2,(H,5,8)/t2-/m0/s1. The highest BCUT2D eigenvalue weighted by molar-refractivity contribution is 5.80. The summed E-state index contributed by atoms with van der Waals surface area (Å²) in [6, 6.07) is -1.44. The van der Waals surface area contributed by atoms with Crippen molar-refractivity contribution in [2.75, 3.05) is 6.61 Å². The molecule has 4 N–H and O–H groups in total. The third kappa shape index (κ3) is 3.33. The van der Waals surface area contributed by atoms with E-state index in [-0.39, 0.29) is 0 Å². The van der Waals surface area contributed by atoms with Crippen LogP contribution in [-0.4, -0.2) is 33.9 Å². The lowest BCUT2D eigenvalue weighted by molar-refractivity contribution is -0.549. The van der Waals surface area contributed by atoms with Gasteiger partial charge in [0.15, 0.2) is 11.1 Å². The molecule has 11 heavy (non-hydrogen) atoms. The second-order valence-electron chi connectivity index (χ2n) is 1.60. The number of aliphatic hydroxyl groups excluding tert-OH is 1. The number of carbonyl (C=O) groups excluding carboxylic acids is 1. The number of carbonyl (C=O) groups is 1. The SMILES string of the molecule is O=C(NO)[C@H](CO)N[N+](=O)[O-]. The van der Waals surface area contributed by atoms with Crippen molar-refractivity contribution in [2.24, 2.45) is 0 Å². The van der Waals surface area contributed by atoms with Crippen LogP contribution in [-0.2, 0) is 4.79 Å². The molecule has 0 fully saturated rings. The Morgan fingerprint density at radius 2 is 2.27 bits per heavy atom. The van der Waals surface area contributed by atoms with Crippen molar-refractivity contribution >= 4 is 5.91 Å². The molecule has 0 aliphatic carbocycles. The molecule has 0 unspecified atom stereocenters. The number of rotatable bonds is 4. The number of nitrogens with one attached hydrogen (secondary N) is 2. The van der Waals surface area contributed by atoms with Gasteiger partial charge in [-0.25, -0.2) is 15.6 Å². The van der Waals surface area contributed by atoms with Gasteiger partial charge in [-0.3, -0.25) is 10.0 Å². The molecule has 0 heterocycles. The molecule has 0 saturated carbocycles. The van der Waals surface area contributed by atoms with Gasteiger partial charge in [0.05, 0.1) is 6.61 Å². The highest BCUT2D eigenvalue weighted by Gasteiger charge is 2.20. The van der Waals surface area contributed by atoms with E-state index < -0.39 is 23.6 Å². The van der Waals surface area contributed by atoms with E-state index in [4.69, 9.17) is 10.3 Å². The van der Waals surface area contributed by atoms with E-state index in [0.29, 0.717) is 0 Å². The maximum atomic E-state index is 10.4. The van der Waals surface area contributed by atoms with Gasteiger partial charge >= 0.3 is 0 Å². The Morgan fingerprint density at radius 1 is 1.73 bits per heavy atom. The van der Waals surface area contributed by atoms with E-state index in [1.807, 2.05) is 0 Å². The minimum Gasteiger partial charge on any atom is -0.393 e. The van der Waals surface area contributed by atoms with Gasteiger partial charge in [0, 0.05) is 0 Å². The molecule has 64 valence electrons. The van der Waals surface area contributed by atoms with E-state index in [9.17, 15) is 14.9 Å². The minimum atomic E-state index is -1.44. The topological polar surface area (TPSA) is 125 Å². The van der Waals surface area contributed by atoms with Crippen LogP contribution in [0.5, 0.6) is 0 Å². The van der Waals surface area contributed by atoms with Crippen LogP contribution < -0.4 is 10.9 Å². The second-order valence-corrected chi connectivity index (χ2v) is 1.60. The number of aliphatic hydroxyl groups is 1. The summed E-state index contributed by atoms with van der Waals surface area (Å²) < 4.78 is 0. The van der Waals surface area contributed by atoms with E-state index >= 15 is 0 Å². The van der Waals surface area contributed by atoms with E-state index in [2.05, 4.69) is 0 Å². The van der Waals surface area contributed by atoms with Crippen LogP contribution in [0.15, 0.2) is 0 Å². The van der Waals surface area contributed by atoms with Crippen LogP contribution in [0.25, 0.3) is 0 Å². The maximum absolute atomic E-state index is 10.4. The van der Waals surface area contributed by atoms with Crippen molar-refractivity contribution in [3.05, 3.63) is 10.1 Å². The van der Waals surface area contributed by atoms with E-state index in [1.165, 1.54) is 5.43 Å². The Bertz CT molecular complexity index is 159. The number of amides is 1. The van der Waals surface area contributed by atoms with Crippen molar-refractivity contribution < 1.29 is 20.1 Å². The van der Waals surface area contributed by atoms with Gasteiger partial charge in [0.2, 0.25) is 0 Å². The first kappa shape index (κ1) is 9.59. The zero-order valence-electron chi connectivity index (χ0n) is 5.35. The first-order valence-electron chi connectivity index (χ1n) is 2.57. The maximum Gasteiger partial charge on any atom is 0.274 e. The van der Waals surface area contributed by atoms with Gasteiger partial charge in [-0.15, -0.1) is 5.43 Å². The third-order valence-corrected chi connectivity index (χ3v) is 0.871. The number of hydroxylamine groups is 1. The number of hydrazine groups is 1. The first-order chi connectivity index (χ1) is 5.11. The average Bonchev–Trinajstić information content (AvgIpc) is 1.98. The normalized spacial score (nSPS) is 11.8. The Balaban J connectivity index is 3.94. The smallest absolute Gasteiger partial charge is 0.274 e. The molecule has 0 radical (unpaired) electrons. The summed E-state index contributed by atoms with van der Waals surface area (Å²) in [5.74, 6) is -1.07. The van der Waals surface area contributed by atoms with Gasteiger partial charge in [0.1, 0.15) is 0 Å². The number of nitrogens with zero attached hydrogens (tertiary/aromatic N) is 1. The molecular formula is C3H7N3O5. The Labute approximate surface area is 60.9 Å². The summed E-state index contributed by atoms with van der Waals surface area (Å²) in [6.45, 7) is -0.770. The monoisotopic (exact) mass is 165 g/mol. The highest BCUT2D eigenvalue weighted by atomic mass is 16.7. The van der Waals surface area contributed by atoms with Gasteiger partial charge in [-0.05, 0) is 0 Å². The quantitative estimate of drug-likeness (QED) is 0.210. The predicted octanol–water partition coefficient (Wildman–Crippen LogP) is -2.37. The summed E-state index contributed by atoms with van der Waals surface area (Å²) in [6.07, 6.45) is 0. The van der Waals surface area contributed by atoms with Crippen LogP contribution in [0.4, 0.5) is 0 Å². The summed E-state index contributed by atoms with van der Waals surface area (Å²) in [4.78, 5) is 20.1. The molecular weight excluding hydrogens is 158 g/mol. The summed E-state index contributed by atoms with van der Waals surface area (Å²) in [5.41, 5.74) is 2.64. The van der Waals surface area contributed by atoms with Crippen LogP contribution in [0, 0.1) is 10.1 Å². The predicted molar refractivity (Wildman–Crippen MR) is 30.9 cm³/mol. The molecule has 1 atom stereocenters. The number of nitro groups is 1. The third-order valence-electron chi connectivity index (χ3n) is 0.871. The van der Waals surface area contributed by atoms with Crippen molar-refractivity contribution in [1.82, 2.24) is 10.9 Å². The van der Waals surface area contributed by atoms with Gasteiger partial charge in [-0.1, -0.05) is 0 Å². The largest absolute Gasteiger partial charge is 0.393 e. The lowest BCUT2D eigenvalue weighted by Crippen LogP contribution is -2.47. The molecule has 0 aliphatic rings. The fourth-order valence-corrected chi connectivity index (χ4v) is 0.388. The Morgan fingerprint density at radius 3 is 2.55 bits per heavy atom. The Kier molecular flexibility index (Phi) is 3.85. The zero-order valence-corrected chi connectivity index (χ0v) is 5.35. The zero-order chi connectivity index (χ0) is 8.85. The van der Waals surface area contributed by atoms with Gasteiger partial charge in [-0.2, -0.15) is 0 Å². The molecule has 0 spiro atoms. The highest BCUT2D eigenvalue weighted by Crippen LogP contribution is 1.80. The van der Waals surface area contributed by atoms with Crippen LogP contribution in [0.3, 0.4) is 0 Å². The number of hydrogen-bond acceptors (Lipinski definition) is 5. The molecule has 0 aliphatic heterocycles. The fourth-order valence-electron chi connectivity index (χ4n) is 0.388. The second kappa shape index (κ2) is 4.41.